The van der Waals surface area contributed by atoms with Crippen LogP contribution in [0.5, 0.6) is 0 Å². The van der Waals surface area contributed by atoms with Crippen LogP contribution in [0.1, 0.15) is 6.92 Å². The summed E-state index contributed by atoms with van der Waals surface area (Å²) in [6, 6.07) is -1.35. The molecule has 1 saturated heterocycles. The van der Waals surface area contributed by atoms with Gasteiger partial charge in [0.25, 0.3) is 0 Å². The van der Waals surface area contributed by atoms with Crippen molar-refractivity contribution in [3.05, 3.63) is 0 Å². The van der Waals surface area contributed by atoms with Crippen molar-refractivity contribution in [3.8, 4) is 0 Å². The molecule has 0 radical (unpaired) electrons. The second kappa shape index (κ2) is 3.00. The second-order valence-electron chi connectivity index (χ2n) is 2.37. The fourth-order valence-electron chi connectivity index (χ4n) is 0.921. The molecular weight excluding hydrogens is 299 g/mol. The number of nitrogens with one attached hydrogen (secondary N) is 1. The molecule has 2 N–H and O–H groups in total. The van der Waals surface area contributed by atoms with Gasteiger partial charge < -0.3 is 5.32 Å². The lowest BCUT2D eigenvalue weighted by molar-refractivity contribution is 0.228. The first kappa shape index (κ1) is 9.99. The van der Waals surface area contributed by atoms with Gasteiger partial charge >= 0.3 is 16.3 Å². The van der Waals surface area contributed by atoms with E-state index in [0.717, 1.165) is 0 Å². The number of urea groups is 1. The first-order chi connectivity index (χ1) is 5.34. The van der Waals surface area contributed by atoms with E-state index in [1.54, 1.807) is 0 Å². The van der Waals surface area contributed by atoms with Crippen molar-refractivity contribution in [2.75, 3.05) is 0 Å². The van der Waals surface area contributed by atoms with Crippen LogP contribution >= 0.6 is 22.6 Å². The largest absolute Gasteiger partial charge is 0.363 e. The lowest BCUT2D eigenvalue weighted by Gasteiger charge is -2.15. The van der Waals surface area contributed by atoms with E-state index in [4.69, 9.17) is 4.55 Å². The van der Waals surface area contributed by atoms with Crippen molar-refractivity contribution in [1.82, 2.24) is 9.62 Å². The highest BCUT2D eigenvalue weighted by atomic mass is 127. The van der Waals surface area contributed by atoms with E-state index in [-0.39, 0.29) is 4.05 Å². The number of hydrogen-bond acceptors (Lipinski definition) is 3. The van der Waals surface area contributed by atoms with Gasteiger partial charge in [-0.2, -0.15) is 12.7 Å². The molecule has 70 valence electrons. The van der Waals surface area contributed by atoms with Gasteiger partial charge in [-0.05, 0) is 6.92 Å². The molecule has 0 aromatic heterocycles. The molecule has 2 amide bonds. The van der Waals surface area contributed by atoms with Crippen molar-refractivity contribution >= 4 is 38.9 Å². The van der Waals surface area contributed by atoms with Crippen LogP contribution in [0.15, 0.2) is 0 Å². The first-order valence-electron chi connectivity index (χ1n) is 3.05. The van der Waals surface area contributed by atoms with E-state index < -0.39 is 22.4 Å². The minimum absolute atomic E-state index is 0.308. The van der Waals surface area contributed by atoms with Crippen molar-refractivity contribution in [1.29, 1.82) is 0 Å². The van der Waals surface area contributed by atoms with Gasteiger partial charge in [0.15, 0.2) is 0 Å². The summed E-state index contributed by atoms with van der Waals surface area (Å²) in [4.78, 5) is 10.9. The Morgan fingerprint density at radius 2 is 2.17 bits per heavy atom. The predicted molar refractivity (Wildman–Crippen MR) is 49.2 cm³/mol. The van der Waals surface area contributed by atoms with Crippen molar-refractivity contribution in [2.24, 2.45) is 0 Å². The Kier molecular flexibility index (Phi) is 2.50. The number of rotatable bonds is 1. The van der Waals surface area contributed by atoms with Crippen LogP contribution < -0.4 is 5.32 Å². The summed E-state index contributed by atoms with van der Waals surface area (Å²) in [6.45, 7) is 1.53. The van der Waals surface area contributed by atoms with Gasteiger partial charge in [0.1, 0.15) is 4.05 Å². The lowest BCUT2D eigenvalue weighted by atomic mass is 10.4. The minimum atomic E-state index is -4.42. The van der Waals surface area contributed by atoms with Gasteiger partial charge in [0.05, 0.1) is 6.04 Å². The molecule has 0 spiro atoms. The molecule has 2 atom stereocenters. The summed E-state index contributed by atoms with van der Waals surface area (Å²) >= 11 is 1.88. The SMILES string of the molecule is CC1C(I)NC(=O)N1S(=O)(=O)O. The lowest BCUT2D eigenvalue weighted by Crippen LogP contribution is -2.38. The highest BCUT2D eigenvalue weighted by Crippen LogP contribution is 2.20. The van der Waals surface area contributed by atoms with E-state index in [1.165, 1.54) is 6.92 Å². The molecule has 2 unspecified atom stereocenters. The third-order valence-corrected chi connectivity index (χ3v) is 3.85. The van der Waals surface area contributed by atoms with Gasteiger partial charge in [-0.3, -0.25) is 4.55 Å². The third kappa shape index (κ3) is 1.64. The van der Waals surface area contributed by atoms with Crippen LogP contribution in [0.4, 0.5) is 4.79 Å². The summed E-state index contributed by atoms with van der Waals surface area (Å²) < 4.78 is 30.0. The molecule has 1 aliphatic heterocycles. The average Bonchev–Trinajstić information content (AvgIpc) is 2.05. The van der Waals surface area contributed by atoms with Gasteiger partial charge in [0.2, 0.25) is 0 Å². The molecule has 1 fully saturated rings. The number of carbonyl (C=O) groups is 1. The monoisotopic (exact) mass is 306 g/mol. The maximum absolute atomic E-state index is 10.9. The van der Waals surface area contributed by atoms with E-state index in [1.807, 2.05) is 22.6 Å². The first-order valence-corrected chi connectivity index (χ1v) is 5.69. The summed E-state index contributed by atoms with van der Waals surface area (Å²) in [5.41, 5.74) is 0. The minimum Gasteiger partial charge on any atom is -0.323 e. The topological polar surface area (TPSA) is 86.7 Å². The number of hydrogen-bond donors (Lipinski definition) is 2. The van der Waals surface area contributed by atoms with Crippen LogP contribution in [-0.2, 0) is 10.3 Å². The fourth-order valence-corrected chi connectivity index (χ4v) is 2.53. The van der Waals surface area contributed by atoms with Crippen LogP contribution in [0.2, 0.25) is 0 Å². The van der Waals surface area contributed by atoms with Crippen LogP contribution in [0.25, 0.3) is 0 Å². The Morgan fingerprint density at radius 1 is 1.67 bits per heavy atom. The zero-order valence-electron chi connectivity index (χ0n) is 6.06. The zero-order chi connectivity index (χ0) is 9.52. The molecule has 1 rings (SSSR count). The third-order valence-electron chi connectivity index (χ3n) is 1.50. The summed E-state index contributed by atoms with van der Waals surface area (Å²) in [6.07, 6.45) is 0. The predicted octanol–water partition coefficient (Wildman–Crippen LogP) is -0.0360. The van der Waals surface area contributed by atoms with Gasteiger partial charge in [-0.1, -0.05) is 22.6 Å². The maximum atomic E-state index is 10.9. The Hall–Kier alpha value is -0.0900. The van der Waals surface area contributed by atoms with Crippen molar-refractivity contribution in [3.63, 3.8) is 0 Å². The number of nitrogens with zero attached hydrogens (tertiary/aromatic N) is 1. The summed E-state index contributed by atoms with van der Waals surface area (Å²) in [5, 5.41) is 2.36. The zero-order valence-corrected chi connectivity index (χ0v) is 9.03. The van der Waals surface area contributed by atoms with E-state index >= 15 is 0 Å². The van der Waals surface area contributed by atoms with E-state index in [0.29, 0.717) is 4.31 Å². The molecule has 8 heteroatoms. The average molecular weight is 306 g/mol. The second-order valence-corrected chi connectivity index (χ2v) is 5.00. The molecule has 1 heterocycles. The molecular formula is C4H7IN2O4S. The van der Waals surface area contributed by atoms with Crippen molar-refractivity contribution < 1.29 is 17.8 Å². The molecule has 0 aliphatic carbocycles. The maximum Gasteiger partial charge on any atom is 0.363 e. The Balaban J connectivity index is 3.00. The number of carbonyl (C=O) groups excluding carboxylic acids is 1. The molecule has 6 nitrogen and oxygen atoms in total. The molecule has 0 bridgehead atoms. The Morgan fingerprint density at radius 3 is 2.33 bits per heavy atom. The van der Waals surface area contributed by atoms with Crippen LogP contribution in [0.3, 0.4) is 0 Å². The number of alkyl halides is 1. The smallest absolute Gasteiger partial charge is 0.323 e. The normalized spacial score (nSPS) is 30.6. The quantitative estimate of drug-likeness (QED) is 0.308. The highest BCUT2D eigenvalue weighted by Gasteiger charge is 2.41. The van der Waals surface area contributed by atoms with Crippen LogP contribution in [0, 0.1) is 0 Å². The number of halogens is 1. The summed E-state index contributed by atoms with van der Waals surface area (Å²) in [7, 11) is -4.42. The molecule has 0 aromatic carbocycles. The Bertz CT molecular complexity index is 302. The van der Waals surface area contributed by atoms with Gasteiger partial charge in [0, 0.05) is 0 Å². The van der Waals surface area contributed by atoms with Crippen LogP contribution in [-0.4, -0.2) is 33.4 Å². The fraction of sp³-hybridized carbons (Fsp3) is 0.750. The molecule has 0 aromatic rings. The van der Waals surface area contributed by atoms with Gasteiger partial charge in [-0.25, -0.2) is 4.79 Å². The molecule has 0 saturated carbocycles. The molecule has 1 aliphatic rings. The van der Waals surface area contributed by atoms with E-state index in [2.05, 4.69) is 5.32 Å². The van der Waals surface area contributed by atoms with Gasteiger partial charge in [-0.15, -0.1) is 0 Å². The molecule has 12 heavy (non-hydrogen) atoms. The van der Waals surface area contributed by atoms with E-state index in [9.17, 15) is 13.2 Å². The highest BCUT2D eigenvalue weighted by molar-refractivity contribution is 14.1. The number of amides is 2. The summed E-state index contributed by atoms with van der Waals surface area (Å²) in [5.74, 6) is 0. The van der Waals surface area contributed by atoms with Crippen molar-refractivity contribution in [2.45, 2.75) is 17.0 Å². The standard InChI is InChI=1S/C4H7IN2O4S/c1-2-3(5)6-4(8)7(2)12(9,10)11/h2-3H,1H3,(H,6,8)(H,9,10,11). The Labute approximate surface area is 83.3 Å².